The maximum atomic E-state index is 13.7. The summed E-state index contributed by atoms with van der Waals surface area (Å²) in [4.78, 5) is 27.7. The number of nitrogens with zero attached hydrogens (tertiary/aromatic N) is 3. The topological polar surface area (TPSA) is 62.3 Å². The van der Waals surface area contributed by atoms with Crippen LogP contribution in [-0.4, -0.2) is 63.6 Å². The van der Waals surface area contributed by atoms with E-state index in [2.05, 4.69) is 4.67 Å². The van der Waals surface area contributed by atoms with Gasteiger partial charge in [-0.25, -0.2) is 4.79 Å². The molecule has 2 heterocycles. The molecule has 2 aliphatic rings. The summed E-state index contributed by atoms with van der Waals surface area (Å²) in [6.45, 7) is 4.62. The molecule has 0 radical (unpaired) electrons. The van der Waals surface area contributed by atoms with Crippen LogP contribution in [0.1, 0.15) is 27.6 Å². The van der Waals surface area contributed by atoms with Crippen molar-refractivity contribution in [1.82, 2.24) is 4.67 Å². The fourth-order valence-corrected chi connectivity index (χ4v) is 8.40. The number of anilines is 2. The SMILES string of the molecule is CCOC(=O)c1ccc(N2C(=O)c3cc(N(C)C)ccc3P2(=S)N2CCOCC2)cc1. The molecule has 1 unspecified atom stereocenters. The fraction of sp³-hybridized carbons (Fsp3) is 0.364. The predicted molar refractivity (Wildman–Crippen MR) is 126 cm³/mol. The average molecular weight is 460 g/mol. The van der Waals surface area contributed by atoms with Crippen molar-refractivity contribution in [2.45, 2.75) is 6.92 Å². The van der Waals surface area contributed by atoms with Gasteiger partial charge in [0.05, 0.1) is 36.6 Å². The number of hydrogen-bond donors (Lipinski definition) is 0. The maximum absolute atomic E-state index is 13.7. The summed E-state index contributed by atoms with van der Waals surface area (Å²) in [6, 6.07) is 12.9. The number of carbonyl (C=O) groups is 2. The molecule has 1 atom stereocenters. The minimum atomic E-state index is -2.59. The molecule has 0 saturated carbocycles. The van der Waals surface area contributed by atoms with E-state index < -0.39 is 6.34 Å². The van der Waals surface area contributed by atoms with Crippen LogP contribution in [0.15, 0.2) is 42.5 Å². The summed E-state index contributed by atoms with van der Waals surface area (Å²) >= 11 is 6.34. The van der Waals surface area contributed by atoms with Crippen LogP contribution in [0.3, 0.4) is 0 Å². The van der Waals surface area contributed by atoms with Gasteiger partial charge in [0.2, 0.25) is 0 Å². The molecule has 0 aromatic heterocycles. The Morgan fingerprint density at radius 3 is 2.45 bits per heavy atom. The number of benzene rings is 2. The van der Waals surface area contributed by atoms with Gasteiger partial charge in [0.25, 0.3) is 5.91 Å². The van der Waals surface area contributed by atoms with Crippen LogP contribution >= 0.6 is 6.34 Å². The zero-order chi connectivity index (χ0) is 22.2. The molecule has 4 rings (SSSR count). The van der Waals surface area contributed by atoms with E-state index in [1.165, 1.54) is 0 Å². The third-order valence-electron chi connectivity index (χ3n) is 5.50. The predicted octanol–water partition coefficient (Wildman–Crippen LogP) is 2.86. The fourth-order valence-electron chi connectivity index (χ4n) is 3.90. The number of fused-ring (bicyclic) bond motifs is 1. The minimum absolute atomic E-state index is 0.0996. The number of morpholine rings is 1. The van der Waals surface area contributed by atoms with Crippen molar-refractivity contribution in [3.8, 4) is 0 Å². The molecule has 164 valence electrons. The van der Waals surface area contributed by atoms with Gasteiger partial charge in [-0.05, 0) is 49.4 Å². The van der Waals surface area contributed by atoms with Gasteiger partial charge < -0.3 is 14.4 Å². The normalized spacial score (nSPS) is 21.1. The lowest BCUT2D eigenvalue weighted by Gasteiger charge is -2.40. The lowest BCUT2D eigenvalue weighted by molar-refractivity contribution is 0.0526. The van der Waals surface area contributed by atoms with E-state index in [4.69, 9.17) is 21.3 Å². The number of rotatable bonds is 5. The Morgan fingerprint density at radius 1 is 1.16 bits per heavy atom. The Morgan fingerprint density at radius 2 is 1.84 bits per heavy atom. The van der Waals surface area contributed by atoms with Crippen molar-refractivity contribution < 1.29 is 19.1 Å². The maximum Gasteiger partial charge on any atom is 0.338 e. The van der Waals surface area contributed by atoms with E-state index in [1.54, 1.807) is 35.9 Å². The van der Waals surface area contributed by atoms with E-state index in [0.29, 0.717) is 49.7 Å². The highest BCUT2D eigenvalue weighted by atomic mass is 32.4. The summed E-state index contributed by atoms with van der Waals surface area (Å²) in [7, 11) is 3.90. The van der Waals surface area contributed by atoms with Crippen LogP contribution in [-0.2, 0) is 21.3 Å². The first kappa shape index (κ1) is 22.0. The zero-order valence-electron chi connectivity index (χ0n) is 17.9. The second kappa shape index (κ2) is 8.71. The number of hydrogen-bond acceptors (Lipinski definition) is 6. The van der Waals surface area contributed by atoms with Crippen LogP contribution in [0.25, 0.3) is 0 Å². The van der Waals surface area contributed by atoms with E-state index in [1.807, 2.05) is 37.2 Å². The average Bonchev–Trinajstić information content (AvgIpc) is 3.02. The van der Waals surface area contributed by atoms with E-state index in [-0.39, 0.29) is 11.9 Å². The van der Waals surface area contributed by atoms with Crippen LogP contribution in [0.2, 0.25) is 0 Å². The Labute approximate surface area is 187 Å². The second-order valence-electron chi connectivity index (χ2n) is 7.59. The molecule has 1 fully saturated rings. The van der Waals surface area contributed by atoms with E-state index in [9.17, 15) is 9.59 Å². The molecule has 0 bridgehead atoms. The number of amides is 1. The Hall–Kier alpha value is -2.25. The highest BCUT2D eigenvalue weighted by Crippen LogP contribution is 2.59. The largest absolute Gasteiger partial charge is 0.462 e. The highest BCUT2D eigenvalue weighted by Gasteiger charge is 2.47. The van der Waals surface area contributed by atoms with Gasteiger partial charge in [-0.1, -0.05) is 11.8 Å². The van der Waals surface area contributed by atoms with Gasteiger partial charge in [0, 0.05) is 38.2 Å². The molecular weight excluding hydrogens is 433 g/mol. The van der Waals surface area contributed by atoms with E-state index in [0.717, 1.165) is 11.0 Å². The van der Waals surface area contributed by atoms with Crippen molar-refractivity contribution in [3.63, 3.8) is 0 Å². The van der Waals surface area contributed by atoms with Crippen molar-refractivity contribution in [2.75, 3.05) is 56.6 Å². The first-order valence-electron chi connectivity index (χ1n) is 10.2. The molecule has 9 heteroatoms. The zero-order valence-corrected chi connectivity index (χ0v) is 19.6. The van der Waals surface area contributed by atoms with E-state index >= 15 is 0 Å². The van der Waals surface area contributed by atoms with Gasteiger partial charge in [0.15, 0.2) is 0 Å². The summed E-state index contributed by atoms with van der Waals surface area (Å²) in [6.07, 6.45) is -2.59. The monoisotopic (exact) mass is 459 g/mol. The smallest absolute Gasteiger partial charge is 0.338 e. The van der Waals surface area contributed by atoms with Gasteiger partial charge in [-0.15, -0.1) is 0 Å². The van der Waals surface area contributed by atoms with Crippen LogP contribution in [0.5, 0.6) is 0 Å². The first-order valence-corrected chi connectivity index (χ1v) is 13.0. The molecule has 0 N–H and O–H groups in total. The number of esters is 1. The molecule has 2 aliphatic heterocycles. The molecule has 31 heavy (non-hydrogen) atoms. The lowest BCUT2D eigenvalue weighted by Crippen LogP contribution is -2.40. The first-order chi connectivity index (χ1) is 14.9. The second-order valence-corrected chi connectivity index (χ2v) is 11.7. The van der Waals surface area contributed by atoms with Crippen molar-refractivity contribution in [2.24, 2.45) is 0 Å². The quantitative estimate of drug-likeness (QED) is 0.503. The summed E-state index contributed by atoms with van der Waals surface area (Å²) < 4.78 is 14.6. The molecule has 7 nitrogen and oxygen atoms in total. The van der Waals surface area contributed by atoms with Gasteiger partial charge >= 0.3 is 5.97 Å². The Bertz CT molecular complexity index is 1050. The third-order valence-corrected chi connectivity index (χ3v) is 10.4. The van der Waals surface area contributed by atoms with Crippen molar-refractivity contribution in [1.29, 1.82) is 0 Å². The minimum Gasteiger partial charge on any atom is -0.462 e. The number of ether oxygens (including phenoxy) is 2. The molecule has 1 amide bonds. The van der Waals surface area contributed by atoms with Crippen LogP contribution in [0.4, 0.5) is 11.4 Å². The molecule has 2 aromatic carbocycles. The van der Waals surface area contributed by atoms with Crippen LogP contribution < -0.4 is 14.9 Å². The molecule has 0 spiro atoms. The standard InChI is InChI=1S/C22H26N3O4PS/c1-4-29-22(27)16-5-7-17(8-6-16)25-21(26)19-15-18(23(2)3)9-10-20(19)30(25,31)24-11-13-28-14-12-24/h5-10,15H,4,11-14H2,1-3H3. The number of carbonyl (C=O) groups excluding carboxylic acids is 2. The lowest BCUT2D eigenvalue weighted by atomic mass is 10.1. The van der Waals surface area contributed by atoms with Gasteiger partial charge in [0.1, 0.15) is 6.34 Å². The van der Waals surface area contributed by atoms with Gasteiger partial charge in [-0.3, -0.25) is 14.1 Å². The Kier molecular flexibility index (Phi) is 6.17. The molecule has 1 saturated heterocycles. The summed E-state index contributed by atoms with van der Waals surface area (Å²) in [5.41, 5.74) is 2.74. The molecule has 2 aromatic rings. The molecular formula is C22H26N3O4PS. The molecule has 0 aliphatic carbocycles. The Balaban J connectivity index is 1.80. The van der Waals surface area contributed by atoms with Crippen molar-refractivity contribution in [3.05, 3.63) is 53.6 Å². The van der Waals surface area contributed by atoms with Crippen molar-refractivity contribution >= 4 is 46.7 Å². The van der Waals surface area contributed by atoms with Gasteiger partial charge in [-0.2, -0.15) is 0 Å². The highest BCUT2D eigenvalue weighted by molar-refractivity contribution is 8.18. The summed E-state index contributed by atoms with van der Waals surface area (Å²) in [5, 5.41) is 0.912. The van der Waals surface area contributed by atoms with Crippen LogP contribution in [0, 0.1) is 0 Å². The third kappa shape index (κ3) is 3.78. The summed E-state index contributed by atoms with van der Waals surface area (Å²) in [5.74, 6) is -0.481.